The predicted molar refractivity (Wildman–Crippen MR) is 93.5 cm³/mol. The molecule has 3 atom stereocenters. The molecule has 24 heavy (non-hydrogen) atoms. The maximum absolute atomic E-state index is 12.2. The van der Waals surface area contributed by atoms with Gasteiger partial charge in [0.15, 0.2) is 0 Å². The van der Waals surface area contributed by atoms with E-state index in [9.17, 15) is 9.59 Å². The minimum Gasteiger partial charge on any atom is -0.465 e. The van der Waals surface area contributed by atoms with Crippen LogP contribution in [0.25, 0.3) is 0 Å². The molecule has 0 saturated heterocycles. The molecule has 5 nitrogen and oxygen atoms in total. The van der Waals surface area contributed by atoms with Gasteiger partial charge >= 0.3 is 5.97 Å². The van der Waals surface area contributed by atoms with Crippen LogP contribution in [0.5, 0.6) is 0 Å². The molecule has 0 aliphatic heterocycles. The van der Waals surface area contributed by atoms with E-state index in [4.69, 9.17) is 4.74 Å². The molecule has 0 bridgehead atoms. The van der Waals surface area contributed by atoms with Crippen molar-refractivity contribution in [2.75, 3.05) is 6.61 Å². The van der Waals surface area contributed by atoms with Gasteiger partial charge in [-0.3, -0.25) is 9.59 Å². The topological polar surface area (TPSA) is 67.8 Å². The zero-order chi connectivity index (χ0) is 17.7. The van der Waals surface area contributed by atoms with Gasteiger partial charge in [0.2, 0.25) is 5.91 Å². The molecule has 0 spiro atoms. The third-order valence-electron chi connectivity index (χ3n) is 4.35. The first-order valence-electron chi connectivity index (χ1n) is 8.51. The Kier molecular flexibility index (Phi) is 6.12. The zero-order valence-corrected chi connectivity index (χ0v) is 14.8. The fourth-order valence-electron chi connectivity index (χ4n) is 3.01. The van der Waals surface area contributed by atoms with Crippen LogP contribution in [-0.2, 0) is 14.3 Å². The fraction of sp³-hybridized carbons (Fsp3) is 0.526. The molecule has 5 heteroatoms. The Balaban J connectivity index is 1.94. The number of carbonyl (C=O) groups is 2. The molecule has 1 saturated carbocycles. The molecular weight excluding hydrogens is 304 g/mol. The van der Waals surface area contributed by atoms with Crippen molar-refractivity contribution in [2.45, 2.75) is 40.0 Å². The number of benzene rings is 1. The molecule has 0 radical (unpaired) electrons. The highest BCUT2D eigenvalue weighted by molar-refractivity contribution is 6.01. The van der Waals surface area contributed by atoms with Crippen LogP contribution in [0, 0.1) is 17.8 Å². The molecule has 1 aromatic rings. The van der Waals surface area contributed by atoms with Gasteiger partial charge in [-0.25, -0.2) is 5.43 Å². The summed E-state index contributed by atoms with van der Waals surface area (Å²) in [6.07, 6.45) is 0.843. The molecule has 0 aromatic heterocycles. The summed E-state index contributed by atoms with van der Waals surface area (Å²) in [5, 5.41) is 4.15. The Morgan fingerprint density at radius 3 is 2.54 bits per heavy atom. The van der Waals surface area contributed by atoms with Crippen LogP contribution in [0.15, 0.2) is 35.4 Å². The summed E-state index contributed by atoms with van der Waals surface area (Å²) in [7, 11) is 0. The van der Waals surface area contributed by atoms with E-state index in [1.165, 1.54) is 5.56 Å². The highest BCUT2D eigenvalue weighted by Crippen LogP contribution is 2.47. The number of nitrogens with zero attached hydrogens (tertiary/aromatic N) is 1. The van der Waals surface area contributed by atoms with Gasteiger partial charge in [0.1, 0.15) is 0 Å². The minimum absolute atomic E-state index is 0.0379. The molecule has 0 heterocycles. The van der Waals surface area contributed by atoms with E-state index >= 15 is 0 Å². The van der Waals surface area contributed by atoms with E-state index in [1.807, 2.05) is 44.2 Å². The van der Waals surface area contributed by atoms with Crippen LogP contribution in [0.4, 0.5) is 0 Å². The van der Waals surface area contributed by atoms with Gasteiger partial charge in [-0.15, -0.1) is 0 Å². The quantitative estimate of drug-likeness (QED) is 0.474. The number of hydrazone groups is 1. The molecule has 1 aliphatic carbocycles. The van der Waals surface area contributed by atoms with Crippen molar-refractivity contribution in [3.8, 4) is 0 Å². The first-order valence-corrected chi connectivity index (χ1v) is 8.51. The van der Waals surface area contributed by atoms with Crippen molar-refractivity contribution in [2.24, 2.45) is 22.9 Å². The van der Waals surface area contributed by atoms with E-state index in [0.29, 0.717) is 12.3 Å². The van der Waals surface area contributed by atoms with Gasteiger partial charge < -0.3 is 4.74 Å². The lowest BCUT2D eigenvalue weighted by Crippen LogP contribution is -2.31. The van der Waals surface area contributed by atoms with Gasteiger partial charge in [-0.05, 0) is 37.7 Å². The summed E-state index contributed by atoms with van der Waals surface area (Å²) in [5.74, 6) is -0.528. The molecule has 1 aliphatic rings. The van der Waals surface area contributed by atoms with Crippen LogP contribution in [0.1, 0.15) is 45.6 Å². The van der Waals surface area contributed by atoms with E-state index in [1.54, 1.807) is 13.8 Å². The zero-order valence-electron chi connectivity index (χ0n) is 14.8. The second kappa shape index (κ2) is 8.08. The molecule has 1 aromatic carbocycles. The lowest BCUT2D eigenvalue weighted by Gasteiger charge is -2.18. The Hall–Kier alpha value is -2.17. The number of carbonyl (C=O) groups excluding carboxylic acids is 2. The van der Waals surface area contributed by atoms with Crippen molar-refractivity contribution in [1.29, 1.82) is 0 Å². The third kappa shape index (κ3) is 4.43. The smallest absolute Gasteiger partial charge is 0.314 e. The summed E-state index contributed by atoms with van der Waals surface area (Å²) in [6.45, 7) is 7.75. The number of amides is 1. The Morgan fingerprint density at radius 1 is 1.29 bits per heavy atom. The molecular formula is C19H26N2O3. The number of ether oxygens (including phenoxy) is 1. The summed E-state index contributed by atoms with van der Waals surface area (Å²) in [5.41, 5.74) is 4.38. The van der Waals surface area contributed by atoms with Crippen LogP contribution in [-0.4, -0.2) is 24.2 Å². The molecule has 130 valence electrons. The number of hydrogen-bond donors (Lipinski definition) is 1. The second-order valence-electron chi connectivity index (χ2n) is 6.56. The molecule has 1 fully saturated rings. The Labute approximate surface area is 143 Å². The van der Waals surface area contributed by atoms with Gasteiger partial charge in [0.05, 0.1) is 12.5 Å². The van der Waals surface area contributed by atoms with Gasteiger partial charge in [-0.2, -0.15) is 5.10 Å². The van der Waals surface area contributed by atoms with Crippen molar-refractivity contribution in [1.82, 2.24) is 5.43 Å². The maximum Gasteiger partial charge on any atom is 0.314 e. The first-order chi connectivity index (χ1) is 11.5. The van der Waals surface area contributed by atoms with E-state index in [0.717, 1.165) is 6.42 Å². The standard InChI is InChI=1S/C19H26N2O3/c1-5-24-19(23)17(12(2)3)13(4)20-21-18(22)16-11-15(16)14-9-7-6-8-10-14/h6-10,12,15-17H,5,11H2,1-4H3,(H,21,22)/b20-13-/t15-,16+,17+/m1/s1. The van der Waals surface area contributed by atoms with Crippen molar-refractivity contribution < 1.29 is 14.3 Å². The average molecular weight is 330 g/mol. The third-order valence-corrected chi connectivity index (χ3v) is 4.35. The molecule has 0 unspecified atom stereocenters. The normalized spacial score (nSPS) is 21.3. The monoisotopic (exact) mass is 330 g/mol. The van der Waals surface area contributed by atoms with Gasteiger partial charge in [-0.1, -0.05) is 44.2 Å². The van der Waals surface area contributed by atoms with E-state index < -0.39 is 5.92 Å². The summed E-state index contributed by atoms with van der Waals surface area (Å²) >= 11 is 0. The molecule has 2 rings (SSSR count). The molecule has 1 amide bonds. The lowest BCUT2D eigenvalue weighted by atomic mass is 9.92. The Bertz CT molecular complexity index is 610. The maximum atomic E-state index is 12.2. The highest BCUT2D eigenvalue weighted by atomic mass is 16.5. The van der Waals surface area contributed by atoms with Crippen molar-refractivity contribution in [3.63, 3.8) is 0 Å². The van der Waals surface area contributed by atoms with Crippen LogP contribution in [0.3, 0.4) is 0 Å². The van der Waals surface area contributed by atoms with Crippen LogP contribution in [0.2, 0.25) is 0 Å². The van der Waals surface area contributed by atoms with Crippen LogP contribution >= 0.6 is 0 Å². The minimum atomic E-state index is -0.436. The summed E-state index contributed by atoms with van der Waals surface area (Å²) < 4.78 is 5.10. The van der Waals surface area contributed by atoms with Gasteiger partial charge in [0, 0.05) is 11.6 Å². The Morgan fingerprint density at radius 2 is 1.96 bits per heavy atom. The SMILES string of the molecule is CCOC(=O)[C@H](/C(C)=N\NC(=O)[C@H]1C[C@@H]1c1ccccc1)C(C)C. The number of esters is 1. The van der Waals surface area contributed by atoms with Crippen molar-refractivity contribution >= 4 is 17.6 Å². The van der Waals surface area contributed by atoms with E-state index in [-0.39, 0.29) is 29.6 Å². The van der Waals surface area contributed by atoms with Gasteiger partial charge in [0.25, 0.3) is 0 Å². The number of nitrogens with one attached hydrogen (secondary N) is 1. The number of hydrogen-bond acceptors (Lipinski definition) is 4. The first kappa shape index (κ1) is 18.2. The lowest BCUT2D eigenvalue weighted by molar-refractivity contribution is -0.146. The summed E-state index contributed by atoms with van der Waals surface area (Å²) in [4.78, 5) is 24.3. The largest absolute Gasteiger partial charge is 0.465 e. The highest BCUT2D eigenvalue weighted by Gasteiger charge is 2.44. The van der Waals surface area contributed by atoms with E-state index in [2.05, 4.69) is 10.5 Å². The fourth-order valence-corrected chi connectivity index (χ4v) is 3.01. The summed E-state index contributed by atoms with van der Waals surface area (Å²) in [6, 6.07) is 10.0. The predicted octanol–water partition coefficient (Wildman–Crippen LogP) is 3.12. The van der Waals surface area contributed by atoms with Crippen LogP contribution < -0.4 is 5.43 Å². The average Bonchev–Trinajstić information content (AvgIpc) is 3.34. The van der Waals surface area contributed by atoms with Crippen molar-refractivity contribution in [3.05, 3.63) is 35.9 Å². The molecule has 1 N–H and O–H groups in total. The number of rotatable bonds is 7. The second-order valence-corrected chi connectivity index (χ2v) is 6.56.